The minimum atomic E-state index is -0.903. The number of likely N-dealkylation sites (tertiary alicyclic amines) is 1. The average Bonchev–Trinajstić information content (AvgIpc) is 3.13. The maximum Gasteiger partial charge on any atom is 0.295 e. The number of halogens is 1. The van der Waals surface area contributed by atoms with Gasteiger partial charge in [0, 0.05) is 17.1 Å². The van der Waals surface area contributed by atoms with Crippen LogP contribution in [0, 0.1) is 0 Å². The highest BCUT2D eigenvalue weighted by molar-refractivity contribution is 6.46. The number of ketones is 1. The number of amides is 1. The molecule has 1 aliphatic rings. The zero-order valence-electron chi connectivity index (χ0n) is 19.4. The van der Waals surface area contributed by atoms with Gasteiger partial charge in [-0.25, -0.2) is 0 Å². The highest BCUT2D eigenvalue weighted by Gasteiger charge is 2.46. The summed E-state index contributed by atoms with van der Waals surface area (Å²) in [6.45, 7) is 0.157. The lowest BCUT2D eigenvalue weighted by Gasteiger charge is -2.26. The third-order valence-corrected chi connectivity index (χ3v) is 6.11. The third kappa shape index (κ3) is 4.55. The van der Waals surface area contributed by atoms with Crippen molar-refractivity contribution in [3.8, 4) is 17.2 Å². The monoisotopic (exact) mass is 493 g/mol. The molecular formula is C27H24ClNO6. The Labute approximate surface area is 208 Å². The van der Waals surface area contributed by atoms with E-state index in [4.69, 9.17) is 25.8 Å². The number of ether oxygens (including phenoxy) is 3. The standard InChI is InChI=1S/C27H24ClNO6/c1-33-20-13-18(14-21(34-2)26(20)35-3)23-22(24(30)17-9-11-19(28)12-10-17)25(31)27(32)29(23)15-16-7-5-4-6-8-16/h4-14,23,30H,15H2,1-3H3. The quantitative estimate of drug-likeness (QED) is 0.283. The first-order valence-electron chi connectivity index (χ1n) is 10.8. The summed E-state index contributed by atoms with van der Waals surface area (Å²) in [5, 5.41) is 11.7. The van der Waals surface area contributed by atoms with Crippen molar-refractivity contribution >= 4 is 29.1 Å². The van der Waals surface area contributed by atoms with Gasteiger partial charge in [0.1, 0.15) is 5.76 Å². The van der Waals surface area contributed by atoms with Crippen molar-refractivity contribution in [1.29, 1.82) is 0 Å². The summed E-state index contributed by atoms with van der Waals surface area (Å²) in [4.78, 5) is 28.0. The van der Waals surface area contributed by atoms with Crippen molar-refractivity contribution in [3.63, 3.8) is 0 Å². The van der Waals surface area contributed by atoms with Crippen LogP contribution in [-0.4, -0.2) is 43.0 Å². The second-order valence-corrected chi connectivity index (χ2v) is 8.31. The maximum absolute atomic E-state index is 13.3. The predicted octanol–water partition coefficient (Wildman–Crippen LogP) is 4.99. The fraction of sp³-hybridized carbons (Fsp3) is 0.185. The number of carbonyl (C=O) groups excluding carboxylic acids is 2. The molecule has 0 saturated carbocycles. The van der Waals surface area contributed by atoms with Crippen LogP contribution >= 0.6 is 11.6 Å². The number of carbonyl (C=O) groups is 2. The van der Waals surface area contributed by atoms with E-state index in [0.29, 0.717) is 33.4 Å². The lowest BCUT2D eigenvalue weighted by molar-refractivity contribution is -0.140. The summed E-state index contributed by atoms with van der Waals surface area (Å²) in [5.41, 5.74) is 1.68. The molecule has 7 nitrogen and oxygen atoms in total. The fourth-order valence-electron chi connectivity index (χ4n) is 4.19. The van der Waals surface area contributed by atoms with Gasteiger partial charge in [-0.1, -0.05) is 41.9 Å². The first-order chi connectivity index (χ1) is 16.9. The lowest BCUT2D eigenvalue weighted by atomic mass is 9.94. The van der Waals surface area contributed by atoms with Crippen LogP contribution in [0.4, 0.5) is 0 Å². The van der Waals surface area contributed by atoms with Crippen LogP contribution in [0.15, 0.2) is 72.3 Å². The van der Waals surface area contributed by atoms with E-state index in [1.54, 1.807) is 36.4 Å². The number of aliphatic hydroxyl groups excluding tert-OH is 1. The van der Waals surface area contributed by atoms with Crippen LogP contribution in [0.1, 0.15) is 22.7 Å². The maximum atomic E-state index is 13.3. The lowest BCUT2D eigenvalue weighted by Crippen LogP contribution is -2.29. The Morgan fingerprint density at radius 1 is 0.914 bits per heavy atom. The first-order valence-corrected chi connectivity index (χ1v) is 11.2. The molecule has 0 aliphatic carbocycles. The van der Waals surface area contributed by atoms with Gasteiger partial charge in [0.15, 0.2) is 11.5 Å². The Morgan fingerprint density at radius 3 is 2.06 bits per heavy atom. The molecule has 0 aromatic heterocycles. The second-order valence-electron chi connectivity index (χ2n) is 7.88. The summed E-state index contributed by atoms with van der Waals surface area (Å²) in [5.74, 6) is -0.710. The molecule has 0 bridgehead atoms. The number of nitrogens with zero attached hydrogens (tertiary/aromatic N) is 1. The molecule has 180 valence electrons. The van der Waals surface area contributed by atoms with Crippen LogP contribution in [0.3, 0.4) is 0 Å². The Bertz CT molecular complexity index is 1260. The largest absolute Gasteiger partial charge is 0.507 e. The Kier molecular flexibility index (Phi) is 6.98. The minimum absolute atomic E-state index is 0.0393. The minimum Gasteiger partial charge on any atom is -0.507 e. The van der Waals surface area contributed by atoms with Crippen molar-refractivity contribution in [2.45, 2.75) is 12.6 Å². The van der Waals surface area contributed by atoms with Gasteiger partial charge in [-0.15, -0.1) is 0 Å². The number of methoxy groups -OCH3 is 3. The molecule has 1 amide bonds. The molecule has 35 heavy (non-hydrogen) atoms. The molecule has 4 rings (SSSR count). The number of benzene rings is 3. The van der Waals surface area contributed by atoms with Gasteiger partial charge in [-0.3, -0.25) is 9.59 Å². The van der Waals surface area contributed by atoms with E-state index in [1.165, 1.54) is 26.2 Å². The Balaban J connectivity index is 1.94. The van der Waals surface area contributed by atoms with Crippen LogP contribution in [0.5, 0.6) is 17.2 Å². The molecule has 1 aliphatic heterocycles. The molecule has 0 radical (unpaired) electrons. The van der Waals surface area contributed by atoms with E-state index in [1.807, 2.05) is 30.3 Å². The van der Waals surface area contributed by atoms with Crippen LogP contribution < -0.4 is 14.2 Å². The van der Waals surface area contributed by atoms with Gasteiger partial charge in [0.05, 0.1) is 32.9 Å². The van der Waals surface area contributed by atoms with Crippen LogP contribution in [0.25, 0.3) is 5.76 Å². The summed E-state index contributed by atoms with van der Waals surface area (Å²) in [6, 6.07) is 18.1. The number of hydrogen-bond donors (Lipinski definition) is 1. The fourth-order valence-corrected chi connectivity index (χ4v) is 4.32. The number of aliphatic hydroxyl groups is 1. The van der Waals surface area contributed by atoms with E-state index in [0.717, 1.165) is 5.56 Å². The van der Waals surface area contributed by atoms with Crippen molar-refractivity contribution in [2.75, 3.05) is 21.3 Å². The van der Waals surface area contributed by atoms with Gasteiger partial charge in [0.25, 0.3) is 11.7 Å². The summed E-state index contributed by atoms with van der Waals surface area (Å²) in [6.07, 6.45) is 0. The number of hydrogen-bond acceptors (Lipinski definition) is 6. The summed E-state index contributed by atoms with van der Waals surface area (Å²) in [7, 11) is 4.45. The van der Waals surface area contributed by atoms with Gasteiger partial charge < -0.3 is 24.2 Å². The second kappa shape index (κ2) is 10.1. The van der Waals surface area contributed by atoms with Crippen molar-refractivity contribution in [1.82, 2.24) is 4.90 Å². The van der Waals surface area contributed by atoms with Gasteiger partial charge in [-0.2, -0.15) is 0 Å². The molecule has 0 spiro atoms. The van der Waals surface area contributed by atoms with Crippen molar-refractivity contribution in [2.24, 2.45) is 0 Å². The van der Waals surface area contributed by atoms with E-state index >= 15 is 0 Å². The molecule has 3 aromatic carbocycles. The molecule has 1 fully saturated rings. The average molecular weight is 494 g/mol. The predicted molar refractivity (Wildman–Crippen MR) is 132 cm³/mol. The Hall–Kier alpha value is -3.97. The van der Waals surface area contributed by atoms with E-state index in [-0.39, 0.29) is 17.9 Å². The van der Waals surface area contributed by atoms with E-state index in [9.17, 15) is 14.7 Å². The molecule has 1 unspecified atom stereocenters. The molecular weight excluding hydrogens is 470 g/mol. The molecule has 1 saturated heterocycles. The molecule has 1 atom stereocenters. The molecule has 1 N–H and O–H groups in total. The van der Waals surface area contributed by atoms with Crippen molar-refractivity contribution < 1.29 is 28.9 Å². The number of Topliss-reactive ketones (excluding diaryl/α,β-unsaturated/α-hetero) is 1. The van der Waals surface area contributed by atoms with Crippen molar-refractivity contribution in [3.05, 3.63) is 94.0 Å². The highest BCUT2D eigenvalue weighted by atomic mass is 35.5. The molecule has 3 aromatic rings. The van der Waals surface area contributed by atoms with Gasteiger partial charge >= 0.3 is 0 Å². The zero-order valence-corrected chi connectivity index (χ0v) is 20.2. The van der Waals surface area contributed by atoms with E-state index in [2.05, 4.69) is 0 Å². The topological polar surface area (TPSA) is 85.3 Å². The van der Waals surface area contributed by atoms with Gasteiger partial charge in [-0.05, 0) is 47.5 Å². The highest BCUT2D eigenvalue weighted by Crippen LogP contribution is 2.46. The van der Waals surface area contributed by atoms with Crippen LogP contribution in [0.2, 0.25) is 5.02 Å². The first kappa shape index (κ1) is 24.2. The number of rotatable bonds is 7. The van der Waals surface area contributed by atoms with E-state index < -0.39 is 17.7 Å². The molecule has 8 heteroatoms. The zero-order chi connectivity index (χ0) is 25.1. The third-order valence-electron chi connectivity index (χ3n) is 5.86. The SMILES string of the molecule is COc1cc(C2C(=C(O)c3ccc(Cl)cc3)C(=O)C(=O)N2Cc2ccccc2)cc(OC)c1OC. The summed E-state index contributed by atoms with van der Waals surface area (Å²) < 4.78 is 16.4. The summed E-state index contributed by atoms with van der Waals surface area (Å²) >= 11 is 5.99. The Morgan fingerprint density at radius 2 is 1.51 bits per heavy atom. The smallest absolute Gasteiger partial charge is 0.295 e. The van der Waals surface area contributed by atoms with Gasteiger partial charge in [0.2, 0.25) is 5.75 Å². The van der Waals surface area contributed by atoms with Crippen LogP contribution in [-0.2, 0) is 16.1 Å². The molecule has 1 heterocycles. The normalized spacial score (nSPS) is 16.9.